The Kier molecular flexibility index (Phi) is 8.00. The Bertz CT molecular complexity index is 610. The lowest BCUT2D eigenvalue weighted by Crippen LogP contribution is -2.50. The number of carbonyl (C=O) groups excluding carboxylic acids is 2. The van der Waals surface area contributed by atoms with Crippen LogP contribution in [0.3, 0.4) is 0 Å². The maximum Gasteiger partial charge on any atom is 0.247 e. The van der Waals surface area contributed by atoms with Crippen LogP contribution in [-0.2, 0) is 14.3 Å². The van der Waals surface area contributed by atoms with E-state index in [0.29, 0.717) is 54.8 Å². The molecule has 0 radical (unpaired) electrons. The molecule has 1 saturated heterocycles. The van der Waals surface area contributed by atoms with E-state index in [2.05, 4.69) is 5.32 Å². The topological polar surface area (TPSA) is 58.6 Å². The van der Waals surface area contributed by atoms with Crippen LogP contribution in [0.25, 0.3) is 0 Å². The molecule has 1 fully saturated rings. The standard InChI is InChI=1S/C18H24Cl2N2O3/c1-2-25-11-5-7-17(23)22-10-4-3-6-16(22)18(24)21-13-8-9-14(19)15(20)12-13/h8-9,12,16H,2-7,10-11H2,1H3,(H,21,24). The van der Waals surface area contributed by atoms with E-state index in [0.717, 1.165) is 12.8 Å². The number of hydrogen-bond acceptors (Lipinski definition) is 3. The van der Waals surface area contributed by atoms with Crippen molar-refractivity contribution in [2.75, 3.05) is 25.1 Å². The molecule has 0 aromatic heterocycles. The lowest BCUT2D eigenvalue weighted by atomic mass is 10.0. The Morgan fingerprint density at radius 2 is 2.08 bits per heavy atom. The third-order valence-corrected chi connectivity index (χ3v) is 4.94. The van der Waals surface area contributed by atoms with Gasteiger partial charge in [-0.2, -0.15) is 0 Å². The van der Waals surface area contributed by atoms with Crippen LogP contribution in [-0.4, -0.2) is 42.5 Å². The summed E-state index contributed by atoms with van der Waals surface area (Å²) < 4.78 is 5.27. The van der Waals surface area contributed by atoms with E-state index < -0.39 is 6.04 Å². The van der Waals surface area contributed by atoms with Gasteiger partial charge in [0.2, 0.25) is 11.8 Å². The molecule has 1 aromatic carbocycles. The number of hydrogen-bond donors (Lipinski definition) is 1. The SMILES string of the molecule is CCOCCCC(=O)N1CCCCC1C(=O)Nc1ccc(Cl)c(Cl)c1. The van der Waals surface area contributed by atoms with Gasteiger partial charge in [0.1, 0.15) is 6.04 Å². The summed E-state index contributed by atoms with van der Waals surface area (Å²) >= 11 is 11.9. The van der Waals surface area contributed by atoms with E-state index in [9.17, 15) is 9.59 Å². The Morgan fingerprint density at radius 1 is 1.28 bits per heavy atom. The number of benzene rings is 1. The normalized spacial score (nSPS) is 17.4. The van der Waals surface area contributed by atoms with Gasteiger partial charge in [-0.3, -0.25) is 9.59 Å². The Balaban J connectivity index is 1.97. The summed E-state index contributed by atoms with van der Waals surface area (Å²) in [6.07, 6.45) is 3.60. The Morgan fingerprint density at radius 3 is 2.80 bits per heavy atom. The van der Waals surface area contributed by atoms with Crippen LogP contribution in [0, 0.1) is 0 Å². The second-order valence-corrected chi connectivity index (χ2v) is 6.83. The van der Waals surface area contributed by atoms with Crippen LogP contribution in [0.5, 0.6) is 0 Å². The smallest absolute Gasteiger partial charge is 0.247 e. The summed E-state index contributed by atoms with van der Waals surface area (Å²) in [5.74, 6) is -0.176. The van der Waals surface area contributed by atoms with Gasteiger partial charge >= 0.3 is 0 Å². The summed E-state index contributed by atoms with van der Waals surface area (Å²) in [5.41, 5.74) is 0.578. The summed E-state index contributed by atoms with van der Waals surface area (Å²) in [6.45, 7) is 3.76. The number of piperidine rings is 1. The molecule has 1 heterocycles. The van der Waals surface area contributed by atoms with Crippen molar-refractivity contribution in [2.45, 2.75) is 45.1 Å². The van der Waals surface area contributed by atoms with E-state index in [1.807, 2.05) is 6.92 Å². The van der Waals surface area contributed by atoms with Gasteiger partial charge < -0.3 is 15.0 Å². The molecule has 0 spiro atoms. The molecule has 2 rings (SSSR count). The van der Waals surface area contributed by atoms with E-state index in [-0.39, 0.29) is 11.8 Å². The molecule has 1 N–H and O–H groups in total. The van der Waals surface area contributed by atoms with Crippen molar-refractivity contribution in [1.82, 2.24) is 4.90 Å². The minimum absolute atomic E-state index is 0.00805. The van der Waals surface area contributed by atoms with Crippen molar-refractivity contribution in [1.29, 1.82) is 0 Å². The highest BCUT2D eigenvalue weighted by molar-refractivity contribution is 6.42. The molecular formula is C18H24Cl2N2O3. The number of halogens is 2. The highest BCUT2D eigenvalue weighted by atomic mass is 35.5. The number of nitrogens with one attached hydrogen (secondary N) is 1. The van der Waals surface area contributed by atoms with Crippen molar-refractivity contribution < 1.29 is 14.3 Å². The van der Waals surface area contributed by atoms with Gasteiger partial charge in [-0.1, -0.05) is 23.2 Å². The van der Waals surface area contributed by atoms with Crippen LogP contribution < -0.4 is 5.32 Å². The zero-order valence-electron chi connectivity index (χ0n) is 14.4. The third-order valence-electron chi connectivity index (χ3n) is 4.20. The molecule has 1 aliphatic heterocycles. The summed E-state index contributed by atoms with van der Waals surface area (Å²) in [6, 6.07) is 4.50. The lowest BCUT2D eigenvalue weighted by molar-refractivity contribution is -0.140. The Hall–Kier alpha value is -1.30. The maximum atomic E-state index is 12.6. The van der Waals surface area contributed by atoms with Crippen molar-refractivity contribution in [3.05, 3.63) is 28.2 Å². The molecule has 0 saturated carbocycles. The van der Waals surface area contributed by atoms with Gasteiger partial charge in [0.05, 0.1) is 10.0 Å². The minimum atomic E-state index is -0.442. The fourth-order valence-electron chi connectivity index (χ4n) is 2.92. The summed E-state index contributed by atoms with van der Waals surface area (Å²) in [4.78, 5) is 26.8. The van der Waals surface area contributed by atoms with Gasteiger partial charge in [0.25, 0.3) is 0 Å². The predicted octanol–water partition coefficient (Wildman–Crippen LogP) is 4.13. The summed E-state index contributed by atoms with van der Waals surface area (Å²) in [7, 11) is 0. The first-order valence-electron chi connectivity index (χ1n) is 8.66. The monoisotopic (exact) mass is 386 g/mol. The summed E-state index contributed by atoms with van der Waals surface area (Å²) in [5, 5.41) is 3.66. The second kappa shape index (κ2) is 10.00. The largest absolute Gasteiger partial charge is 0.382 e. The van der Waals surface area contributed by atoms with Crippen LogP contribution >= 0.6 is 23.2 Å². The first-order valence-corrected chi connectivity index (χ1v) is 9.41. The van der Waals surface area contributed by atoms with Gasteiger partial charge in [-0.25, -0.2) is 0 Å². The highest BCUT2D eigenvalue weighted by Crippen LogP contribution is 2.26. The van der Waals surface area contributed by atoms with Crippen LogP contribution in [0.15, 0.2) is 18.2 Å². The number of carbonyl (C=O) groups is 2. The Labute approximate surface area is 158 Å². The molecule has 25 heavy (non-hydrogen) atoms. The van der Waals surface area contributed by atoms with E-state index in [4.69, 9.17) is 27.9 Å². The molecular weight excluding hydrogens is 363 g/mol. The van der Waals surface area contributed by atoms with E-state index >= 15 is 0 Å². The number of nitrogens with zero attached hydrogens (tertiary/aromatic N) is 1. The molecule has 2 amide bonds. The zero-order chi connectivity index (χ0) is 18.2. The second-order valence-electron chi connectivity index (χ2n) is 6.02. The molecule has 0 aliphatic carbocycles. The van der Waals surface area contributed by atoms with Crippen molar-refractivity contribution in [2.24, 2.45) is 0 Å². The predicted molar refractivity (Wildman–Crippen MR) is 100 cm³/mol. The first kappa shape index (κ1) is 20.0. The zero-order valence-corrected chi connectivity index (χ0v) is 15.9. The molecule has 1 aliphatic rings. The van der Waals surface area contributed by atoms with E-state index in [1.165, 1.54) is 0 Å². The van der Waals surface area contributed by atoms with Gasteiger partial charge in [-0.05, 0) is 50.8 Å². The van der Waals surface area contributed by atoms with Crippen molar-refractivity contribution in [3.63, 3.8) is 0 Å². The quantitative estimate of drug-likeness (QED) is 0.716. The molecule has 1 atom stereocenters. The van der Waals surface area contributed by atoms with Crippen molar-refractivity contribution >= 4 is 40.7 Å². The van der Waals surface area contributed by atoms with Crippen LogP contribution in [0.4, 0.5) is 5.69 Å². The van der Waals surface area contributed by atoms with E-state index in [1.54, 1.807) is 23.1 Å². The number of likely N-dealkylation sites (tertiary alicyclic amines) is 1. The first-order chi connectivity index (χ1) is 12.0. The minimum Gasteiger partial charge on any atom is -0.382 e. The van der Waals surface area contributed by atoms with Crippen LogP contribution in [0.2, 0.25) is 10.0 Å². The molecule has 0 bridgehead atoms. The fourth-order valence-corrected chi connectivity index (χ4v) is 3.21. The number of anilines is 1. The molecule has 138 valence electrons. The number of rotatable bonds is 7. The maximum absolute atomic E-state index is 12.6. The number of amides is 2. The average Bonchev–Trinajstić information content (AvgIpc) is 2.61. The van der Waals surface area contributed by atoms with Gasteiger partial charge in [0, 0.05) is 31.9 Å². The third kappa shape index (κ3) is 5.87. The fraction of sp³-hybridized carbons (Fsp3) is 0.556. The molecule has 1 unspecified atom stereocenters. The van der Waals surface area contributed by atoms with Gasteiger partial charge in [0.15, 0.2) is 0 Å². The molecule has 7 heteroatoms. The average molecular weight is 387 g/mol. The van der Waals surface area contributed by atoms with Crippen LogP contribution in [0.1, 0.15) is 39.0 Å². The molecule has 5 nitrogen and oxygen atoms in total. The lowest BCUT2D eigenvalue weighted by Gasteiger charge is -2.34. The van der Waals surface area contributed by atoms with Crippen molar-refractivity contribution in [3.8, 4) is 0 Å². The van der Waals surface area contributed by atoms with Gasteiger partial charge in [-0.15, -0.1) is 0 Å². The highest BCUT2D eigenvalue weighted by Gasteiger charge is 2.31. The molecule has 1 aromatic rings. The number of ether oxygens (including phenoxy) is 1.